The summed E-state index contributed by atoms with van der Waals surface area (Å²) < 4.78 is 1.19. The Bertz CT molecular complexity index is 565. The number of aromatic carboxylic acids is 1. The van der Waals surface area contributed by atoms with Gasteiger partial charge in [0.25, 0.3) is 0 Å². The fourth-order valence-corrected chi connectivity index (χ4v) is 2.41. The number of aliphatic carboxylic acids is 1. The molecule has 0 spiro atoms. The average molecular weight is 574 g/mol. The van der Waals surface area contributed by atoms with E-state index in [0.29, 0.717) is 12.8 Å². The van der Waals surface area contributed by atoms with Gasteiger partial charge >= 0.3 is 11.9 Å². The second-order valence-corrected chi connectivity index (χ2v) is 11.4. The number of alkyl halides is 2. The molecule has 1 rings (SSSR count). The smallest absolute Gasteiger partial charge is 0.335 e. The number of hydrogen-bond donors (Lipinski definition) is 2. The molecule has 0 aromatic heterocycles. The van der Waals surface area contributed by atoms with Gasteiger partial charge in [-0.05, 0) is 41.5 Å². The summed E-state index contributed by atoms with van der Waals surface area (Å²) in [5, 5.41) is 18.6. The number of carbonyl (C=O) groups is 2. The number of benzene rings is 1. The van der Waals surface area contributed by atoms with Gasteiger partial charge in [-0.25, -0.2) is 4.79 Å². The number of hydrogen-bond acceptors (Lipinski definition) is 2. The molecule has 1 aromatic rings. The van der Waals surface area contributed by atoms with E-state index in [4.69, 9.17) is 0 Å². The average Bonchev–Trinajstić information content (AvgIpc) is 2.50. The zero-order valence-electron chi connectivity index (χ0n) is 15.3. The van der Waals surface area contributed by atoms with Crippen LogP contribution in [-0.2, 0) is 16.6 Å². The van der Waals surface area contributed by atoms with Crippen molar-refractivity contribution in [1.29, 1.82) is 0 Å². The summed E-state index contributed by atoms with van der Waals surface area (Å²) in [5.41, 5.74) is 1.75. The predicted octanol–water partition coefficient (Wildman–Crippen LogP) is 5.93. The number of rotatable bonds is 7. The highest BCUT2D eigenvalue weighted by Crippen LogP contribution is 2.26. The van der Waals surface area contributed by atoms with Gasteiger partial charge in [-0.15, -0.1) is 0 Å². The third-order valence-electron chi connectivity index (χ3n) is 3.84. The number of carboxylic acid groups (broad SMARTS) is 2. The highest BCUT2D eigenvalue weighted by molar-refractivity contribution is 14.2. The SMILES string of the molecule is CCCCC(Cc1cc(C(=O)O)cc(C(C)(C)C)c1)C(=O)O.ICI. The first-order valence-electron chi connectivity index (χ1n) is 8.29. The summed E-state index contributed by atoms with van der Waals surface area (Å²) in [6.07, 6.45) is 2.81. The van der Waals surface area contributed by atoms with Crippen molar-refractivity contribution in [2.24, 2.45) is 5.92 Å². The molecule has 0 aliphatic carbocycles. The van der Waals surface area contributed by atoms with Crippen LogP contribution in [0.15, 0.2) is 18.2 Å². The summed E-state index contributed by atoms with van der Waals surface area (Å²) in [6.45, 7) is 8.08. The van der Waals surface area contributed by atoms with E-state index < -0.39 is 17.9 Å². The minimum Gasteiger partial charge on any atom is -0.481 e. The Morgan fingerprint density at radius 1 is 1.12 bits per heavy atom. The van der Waals surface area contributed by atoms with Crippen molar-refractivity contribution in [3.05, 3.63) is 34.9 Å². The fraction of sp³-hybridized carbons (Fsp3) is 0.579. The number of unbranched alkanes of at least 4 members (excludes halogenated alkanes) is 1. The van der Waals surface area contributed by atoms with Gasteiger partial charge < -0.3 is 10.2 Å². The Balaban J connectivity index is 0.00000178. The molecule has 6 heteroatoms. The molecule has 0 radical (unpaired) electrons. The fourth-order valence-electron chi connectivity index (χ4n) is 2.41. The second-order valence-electron chi connectivity index (χ2n) is 6.96. The van der Waals surface area contributed by atoms with Crippen LogP contribution in [0.2, 0.25) is 0 Å². The first kappa shape index (κ1) is 24.6. The third-order valence-corrected chi connectivity index (χ3v) is 3.84. The van der Waals surface area contributed by atoms with Crippen molar-refractivity contribution in [3.63, 3.8) is 0 Å². The summed E-state index contributed by atoms with van der Waals surface area (Å²) >= 11 is 4.55. The maximum Gasteiger partial charge on any atom is 0.335 e. The summed E-state index contributed by atoms with van der Waals surface area (Å²) in [6, 6.07) is 5.21. The molecular weight excluding hydrogens is 546 g/mol. The molecule has 1 aromatic carbocycles. The molecular formula is C19H28I2O4. The standard InChI is InChI=1S/C18H26O4.CH2I2/c1-5-6-7-13(16(19)20)8-12-9-14(17(21)22)11-15(10-12)18(2,3)4;2-1-3/h9-11,13H,5-8H2,1-4H3,(H,19,20)(H,21,22);1H2. The van der Waals surface area contributed by atoms with E-state index in [0.717, 1.165) is 24.0 Å². The van der Waals surface area contributed by atoms with Crippen LogP contribution in [0.3, 0.4) is 0 Å². The Kier molecular flexibility index (Phi) is 11.9. The summed E-state index contributed by atoms with van der Waals surface area (Å²) in [7, 11) is 0. The highest BCUT2D eigenvalue weighted by atomic mass is 127. The van der Waals surface area contributed by atoms with Gasteiger partial charge in [0.15, 0.2) is 0 Å². The maximum atomic E-state index is 11.4. The van der Waals surface area contributed by atoms with Gasteiger partial charge in [-0.2, -0.15) is 0 Å². The largest absolute Gasteiger partial charge is 0.481 e. The Labute approximate surface area is 178 Å². The van der Waals surface area contributed by atoms with Crippen molar-refractivity contribution in [2.75, 3.05) is 2.43 Å². The van der Waals surface area contributed by atoms with Gasteiger partial charge in [-0.1, -0.05) is 91.8 Å². The molecule has 0 aliphatic heterocycles. The van der Waals surface area contributed by atoms with Crippen molar-refractivity contribution in [1.82, 2.24) is 0 Å². The molecule has 4 nitrogen and oxygen atoms in total. The van der Waals surface area contributed by atoms with Crippen LogP contribution in [0.4, 0.5) is 0 Å². The van der Waals surface area contributed by atoms with E-state index in [2.05, 4.69) is 45.2 Å². The van der Waals surface area contributed by atoms with Crippen LogP contribution in [0.25, 0.3) is 0 Å². The second kappa shape index (κ2) is 12.1. The van der Waals surface area contributed by atoms with E-state index in [1.54, 1.807) is 12.1 Å². The Hall–Kier alpha value is -0.380. The third kappa shape index (κ3) is 9.77. The lowest BCUT2D eigenvalue weighted by Crippen LogP contribution is -2.18. The van der Waals surface area contributed by atoms with Gasteiger partial charge in [0.05, 0.1) is 13.9 Å². The maximum absolute atomic E-state index is 11.4. The highest BCUT2D eigenvalue weighted by Gasteiger charge is 2.21. The molecule has 0 saturated heterocycles. The lowest BCUT2D eigenvalue weighted by atomic mass is 9.83. The van der Waals surface area contributed by atoms with E-state index in [9.17, 15) is 19.8 Å². The molecule has 1 atom stereocenters. The molecule has 25 heavy (non-hydrogen) atoms. The molecule has 0 bridgehead atoms. The molecule has 0 saturated carbocycles. The Morgan fingerprint density at radius 3 is 2.08 bits per heavy atom. The summed E-state index contributed by atoms with van der Waals surface area (Å²) in [5.74, 6) is -2.25. The predicted molar refractivity (Wildman–Crippen MR) is 119 cm³/mol. The van der Waals surface area contributed by atoms with Crippen LogP contribution in [-0.4, -0.2) is 24.6 Å². The monoisotopic (exact) mass is 574 g/mol. The normalized spacial score (nSPS) is 12.1. The summed E-state index contributed by atoms with van der Waals surface area (Å²) in [4.78, 5) is 22.7. The van der Waals surface area contributed by atoms with Crippen LogP contribution in [0, 0.1) is 5.92 Å². The van der Waals surface area contributed by atoms with E-state index in [1.165, 1.54) is 2.43 Å². The lowest BCUT2D eigenvalue weighted by Gasteiger charge is -2.21. The molecule has 0 fully saturated rings. The van der Waals surface area contributed by atoms with Gasteiger partial charge in [0.2, 0.25) is 0 Å². The topological polar surface area (TPSA) is 74.6 Å². The van der Waals surface area contributed by atoms with E-state index in [1.807, 2.05) is 33.8 Å². The lowest BCUT2D eigenvalue weighted by molar-refractivity contribution is -0.142. The van der Waals surface area contributed by atoms with Crippen LogP contribution >= 0.6 is 45.2 Å². The van der Waals surface area contributed by atoms with E-state index in [-0.39, 0.29) is 11.0 Å². The zero-order valence-corrected chi connectivity index (χ0v) is 19.6. The van der Waals surface area contributed by atoms with E-state index >= 15 is 0 Å². The molecule has 0 heterocycles. The quantitative estimate of drug-likeness (QED) is 0.313. The molecule has 1 unspecified atom stereocenters. The number of carboxylic acids is 2. The molecule has 0 aliphatic rings. The van der Waals surface area contributed by atoms with Crippen molar-refractivity contribution in [2.45, 2.75) is 58.8 Å². The van der Waals surface area contributed by atoms with Crippen molar-refractivity contribution < 1.29 is 19.8 Å². The first-order chi connectivity index (χ1) is 11.6. The van der Waals surface area contributed by atoms with Crippen molar-refractivity contribution >= 4 is 57.1 Å². The minimum atomic E-state index is -0.979. The molecule has 142 valence electrons. The first-order valence-corrected chi connectivity index (χ1v) is 11.3. The van der Waals surface area contributed by atoms with Crippen LogP contribution in [0.1, 0.15) is 68.4 Å². The van der Waals surface area contributed by atoms with Crippen molar-refractivity contribution in [3.8, 4) is 0 Å². The zero-order chi connectivity index (χ0) is 19.6. The van der Waals surface area contributed by atoms with Crippen LogP contribution in [0.5, 0.6) is 0 Å². The van der Waals surface area contributed by atoms with Gasteiger partial charge in [-0.3, -0.25) is 4.79 Å². The minimum absolute atomic E-state index is 0.178. The van der Waals surface area contributed by atoms with Gasteiger partial charge in [0, 0.05) is 0 Å². The molecule has 2 N–H and O–H groups in total. The molecule has 0 amide bonds. The number of halogens is 2. The van der Waals surface area contributed by atoms with Crippen LogP contribution < -0.4 is 0 Å². The van der Waals surface area contributed by atoms with Gasteiger partial charge in [0.1, 0.15) is 0 Å². The Morgan fingerprint density at radius 2 is 1.68 bits per heavy atom.